The molecule has 0 spiro atoms. The highest BCUT2D eigenvalue weighted by molar-refractivity contribution is 9.10. The molecule has 4 aromatic rings. The number of benzene rings is 4. The van der Waals surface area contributed by atoms with Crippen LogP contribution in [0.25, 0.3) is 10.8 Å². The first-order chi connectivity index (χ1) is 16.6. The van der Waals surface area contributed by atoms with Gasteiger partial charge in [-0.25, -0.2) is 5.43 Å². The second-order valence-electron chi connectivity index (χ2n) is 7.36. The summed E-state index contributed by atoms with van der Waals surface area (Å²) >= 11 is 3.56. The van der Waals surface area contributed by atoms with Gasteiger partial charge in [-0.05, 0) is 62.6 Å². The van der Waals surface area contributed by atoms with E-state index in [0.29, 0.717) is 18.1 Å². The van der Waals surface area contributed by atoms with Gasteiger partial charge in [0.05, 0.1) is 17.8 Å². The molecule has 0 bridgehead atoms. The Kier molecular flexibility index (Phi) is 7.78. The van der Waals surface area contributed by atoms with Gasteiger partial charge in [0.2, 0.25) is 0 Å². The Morgan fingerprint density at radius 2 is 1.76 bits per heavy atom. The minimum Gasteiger partial charge on any atom is -0.497 e. The van der Waals surface area contributed by atoms with Crippen LogP contribution in [-0.2, 0) is 11.4 Å². The average molecular weight is 519 g/mol. The van der Waals surface area contributed by atoms with Crippen LogP contribution in [0.4, 0.5) is 0 Å². The Morgan fingerprint density at radius 3 is 2.65 bits per heavy atom. The summed E-state index contributed by atoms with van der Waals surface area (Å²) in [6, 6.07) is 26.9. The van der Waals surface area contributed by atoms with Gasteiger partial charge in [0.15, 0.2) is 6.61 Å². The van der Waals surface area contributed by atoms with Crippen molar-refractivity contribution >= 4 is 38.8 Å². The van der Waals surface area contributed by atoms with E-state index in [4.69, 9.17) is 14.2 Å². The van der Waals surface area contributed by atoms with E-state index in [1.165, 1.54) is 0 Å². The number of rotatable bonds is 9. The number of hydrogen-bond acceptors (Lipinski definition) is 5. The Hall–Kier alpha value is -3.84. The van der Waals surface area contributed by atoms with Crippen LogP contribution in [-0.4, -0.2) is 25.8 Å². The maximum Gasteiger partial charge on any atom is 0.277 e. The number of hydrazone groups is 1. The molecule has 1 N–H and O–H groups in total. The molecule has 0 aliphatic carbocycles. The van der Waals surface area contributed by atoms with E-state index in [1.807, 2.05) is 84.9 Å². The highest BCUT2D eigenvalue weighted by Gasteiger charge is 2.08. The molecule has 0 aliphatic heterocycles. The van der Waals surface area contributed by atoms with Gasteiger partial charge < -0.3 is 14.2 Å². The highest BCUT2D eigenvalue weighted by Crippen LogP contribution is 2.33. The summed E-state index contributed by atoms with van der Waals surface area (Å²) in [6.45, 7) is 0.213. The molecule has 0 atom stereocenters. The zero-order valence-corrected chi connectivity index (χ0v) is 20.1. The number of nitrogens with one attached hydrogen (secondary N) is 1. The normalized spacial score (nSPS) is 10.9. The summed E-state index contributed by atoms with van der Waals surface area (Å²) in [5, 5.41) is 6.16. The van der Waals surface area contributed by atoms with Crippen LogP contribution in [0.2, 0.25) is 0 Å². The number of nitrogens with zero attached hydrogens (tertiary/aromatic N) is 1. The van der Waals surface area contributed by atoms with Crippen LogP contribution in [0.15, 0.2) is 94.5 Å². The second kappa shape index (κ2) is 11.3. The molecule has 172 valence electrons. The predicted octanol–water partition coefficient (Wildman–Crippen LogP) is 5.72. The molecule has 0 saturated carbocycles. The van der Waals surface area contributed by atoms with Crippen LogP contribution >= 0.6 is 15.9 Å². The first kappa shape index (κ1) is 23.3. The summed E-state index contributed by atoms with van der Waals surface area (Å²) in [5.41, 5.74) is 4.21. The van der Waals surface area contributed by atoms with E-state index in [-0.39, 0.29) is 12.5 Å². The van der Waals surface area contributed by atoms with Crippen molar-refractivity contribution in [2.45, 2.75) is 6.61 Å². The van der Waals surface area contributed by atoms with Gasteiger partial charge in [-0.15, -0.1) is 0 Å². The first-order valence-corrected chi connectivity index (χ1v) is 11.4. The van der Waals surface area contributed by atoms with Gasteiger partial charge in [0, 0.05) is 5.56 Å². The van der Waals surface area contributed by atoms with Gasteiger partial charge in [-0.3, -0.25) is 4.79 Å². The van der Waals surface area contributed by atoms with Crippen molar-refractivity contribution in [1.82, 2.24) is 5.43 Å². The van der Waals surface area contributed by atoms with Gasteiger partial charge in [0.25, 0.3) is 5.91 Å². The smallest absolute Gasteiger partial charge is 0.277 e. The van der Waals surface area contributed by atoms with Crippen LogP contribution in [0, 0.1) is 0 Å². The quantitative estimate of drug-likeness (QED) is 0.227. The van der Waals surface area contributed by atoms with Gasteiger partial charge >= 0.3 is 0 Å². The average Bonchev–Trinajstić information content (AvgIpc) is 2.88. The molecule has 0 heterocycles. The lowest BCUT2D eigenvalue weighted by atomic mass is 10.1. The Labute approximate surface area is 206 Å². The van der Waals surface area contributed by atoms with E-state index in [1.54, 1.807) is 13.3 Å². The van der Waals surface area contributed by atoms with E-state index in [0.717, 1.165) is 32.1 Å². The van der Waals surface area contributed by atoms with E-state index >= 15 is 0 Å². The van der Waals surface area contributed by atoms with E-state index in [9.17, 15) is 4.79 Å². The van der Waals surface area contributed by atoms with E-state index < -0.39 is 0 Å². The maximum absolute atomic E-state index is 12.2. The van der Waals surface area contributed by atoms with Crippen molar-refractivity contribution in [3.63, 3.8) is 0 Å². The molecule has 7 heteroatoms. The number of amides is 1. The van der Waals surface area contributed by atoms with Gasteiger partial charge in [-0.1, -0.05) is 54.6 Å². The van der Waals surface area contributed by atoms with Crippen LogP contribution in [0.1, 0.15) is 11.1 Å². The fourth-order valence-electron chi connectivity index (χ4n) is 3.32. The molecular weight excluding hydrogens is 496 g/mol. The SMILES string of the molecule is COc1cccc(COc2ccccc2/C=N\NC(=O)COc2ccc3ccccc3c2Br)c1. The predicted molar refractivity (Wildman–Crippen MR) is 137 cm³/mol. The number of fused-ring (bicyclic) bond motifs is 1. The minimum absolute atomic E-state index is 0.164. The Bertz CT molecular complexity index is 1320. The molecule has 0 saturated heterocycles. The molecule has 0 aromatic heterocycles. The summed E-state index contributed by atoms with van der Waals surface area (Å²) in [6.07, 6.45) is 1.55. The van der Waals surface area contributed by atoms with Gasteiger partial charge in [-0.2, -0.15) is 5.10 Å². The lowest BCUT2D eigenvalue weighted by Gasteiger charge is -2.10. The van der Waals surface area contributed by atoms with Crippen molar-refractivity contribution < 1.29 is 19.0 Å². The molecule has 6 nitrogen and oxygen atoms in total. The zero-order chi connectivity index (χ0) is 23.8. The third kappa shape index (κ3) is 5.94. The number of methoxy groups -OCH3 is 1. The largest absolute Gasteiger partial charge is 0.497 e. The molecule has 4 aromatic carbocycles. The molecular formula is C27H23BrN2O4. The zero-order valence-electron chi connectivity index (χ0n) is 18.5. The van der Waals surface area contributed by atoms with Crippen LogP contribution in [0.5, 0.6) is 17.2 Å². The fraction of sp³-hybridized carbons (Fsp3) is 0.111. The Balaban J connectivity index is 1.32. The molecule has 4 rings (SSSR count). The standard InChI is InChI=1S/C27H23BrN2O4/c1-32-22-10-6-7-19(15-22)17-33-24-12-5-3-9-21(24)16-29-30-26(31)18-34-25-14-13-20-8-2-4-11-23(20)27(25)28/h2-16H,17-18H2,1H3,(H,30,31)/b29-16-. The van der Waals surface area contributed by atoms with E-state index in [2.05, 4.69) is 26.5 Å². The number of carbonyl (C=O) groups is 1. The second-order valence-corrected chi connectivity index (χ2v) is 8.15. The molecule has 0 unspecified atom stereocenters. The molecule has 0 radical (unpaired) electrons. The van der Waals surface area contributed by atoms with Crippen molar-refractivity contribution in [3.8, 4) is 17.2 Å². The number of halogens is 1. The third-order valence-corrected chi connectivity index (χ3v) is 5.84. The van der Waals surface area contributed by atoms with Crippen molar-refractivity contribution in [2.24, 2.45) is 5.10 Å². The summed E-state index contributed by atoms with van der Waals surface area (Å²) in [5.74, 6) is 1.65. The van der Waals surface area contributed by atoms with Gasteiger partial charge in [0.1, 0.15) is 23.9 Å². The number of ether oxygens (including phenoxy) is 3. The highest BCUT2D eigenvalue weighted by atomic mass is 79.9. The lowest BCUT2D eigenvalue weighted by Crippen LogP contribution is -2.24. The number of carbonyl (C=O) groups excluding carboxylic acids is 1. The summed E-state index contributed by atoms with van der Waals surface area (Å²) < 4.78 is 17.7. The third-order valence-electron chi connectivity index (χ3n) is 5.03. The summed E-state index contributed by atoms with van der Waals surface area (Å²) in [4.78, 5) is 12.2. The molecule has 1 amide bonds. The van der Waals surface area contributed by atoms with Crippen molar-refractivity contribution in [3.05, 3.63) is 101 Å². The van der Waals surface area contributed by atoms with Crippen molar-refractivity contribution in [1.29, 1.82) is 0 Å². The minimum atomic E-state index is -0.369. The molecule has 0 fully saturated rings. The molecule has 0 aliphatic rings. The topological polar surface area (TPSA) is 69.2 Å². The number of hydrogen-bond donors (Lipinski definition) is 1. The monoisotopic (exact) mass is 518 g/mol. The lowest BCUT2D eigenvalue weighted by molar-refractivity contribution is -0.123. The maximum atomic E-state index is 12.2. The van der Waals surface area contributed by atoms with Crippen LogP contribution in [0.3, 0.4) is 0 Å². The van der Waals surface area contributed by atoms with Crippen molar-refractivity contribution in [2.75, 3.05) is 13.7 Å². The molecule has 34 heavy (non-hydrogen) atoms. The Morgan fingerprint density at radius 1 is 0.941 bits per heavy atom. The summed E-state index contributed by atoms with van der Waals surface area (Å²) in [7, 11) is 1.63. The fourth-order valence-corrected chi connectivity index (χ4v) is 3.92. The first-order valence-electron chi connectivity index (χ1n) is 10.6. The van der Waals surface area contributed by atoms with Crippen LogP contribution < -0.4 is 19.6 Å². The number of para-hydroxylation sites is 1.